The van der Waals surface area contributed by atoms with Crippen molar-refractivity contribution in [2.24, 2.45) is 10.9 Å². The van der Waals surface area contributed by atoms with E-state index in [1.54, 1.807) is 0 Å². The van der Waals surface area contributed by atoms with Gasteiger partial charge in [-0.15, -0.1) is 10.2 Å². The van der Waals surface area contributed by atoms with Crippen molar-refractivity contribution in [3.8, 4) is 11.4 Å². The van der Waals surface area contributed by atoms with Gasteiger partial charge in [0, 0.05) is 44.5 Å². The lowest BCUT2D eigenvalue weighted by Crippen LogP contribution is -2.43. The minimum absolute atomic E-state index is 0.0200. The lowest BCUT2D eigenvalue weighted by molar-refractivity contribution is 0.186. The summed E-state index contributed by atoms with van der Waals surface area (Å²) < 4.78 is 53.5. The van der Waals surface area contributed by atoms with E-state index in [4.69, 9.17) is 16.0 Å². The molecule has 1 atom stereocenters. The van der Waals surface area contributed by atoms with Crippen molar-refractivity contribution >= 4 is 25.7 Å². The number of anilines is 1. The molecule has 1 aromatic carbocycles. The number of primary sulfonamides is 1. The highest BCUT2D eigenvalue weighted by Crippen LogP contribution is 2.39. The lowest BCUT2D eigenvalue weighted by atomic mass is 10.0. The normalized spacial score (nSPS) is 16.6. The molecule has 0 unspecified atom stereocenters. The quantitative estimate of drug-likeness (QED) is 0.154. The third-order valence-electron chi connectivity index (χ3n) is 5.40. The first-order valence-corrected chi connectivity index (χ1v) is 13.5. The number of sulfonamides is 2. The van der Waals surface area contributed by atoms with Crippen LogP contribution in [-0.4, -0.2) is 99.1 Å². The number of hydrogen-bond donors (Lipinski definition) is 7. The number of aliphatic hydroxyl groups is 2. The Bertz CT molecular complexity index is 1170. The molecule has 0 radical (unpaired) electrons. The van der Waals surface area contributed by atoms with Crippen molar-refractivity contribution in [2.45, 2.75) is 34.8 Å². The van der Waals surface area contributed by atoms with Crippen LogP contribution in [0.5, 0.6) is 0 Å². The zero-order valence-electron chi connectivity index (χ0n) is 18.3. The number of piperidine rings is 1. The molecule has 2 aromatic rings. The van der Waals surface area contributed by atoms with E-state index < -0.39 is 42.5 Å². The number of rotatable bonds is 11. The molecule has 1 saturated heterocycles. The van der Waals surface area contributed by atoms with Gasteiger partial charge >= 0.3 is 0 Å². The van der Waals surface area contributed by atoms with Gasteiger partial charge in [0.15, 0.2) is 0 Å². The summed E-state index contributed by atoms with van der Waals surface area (Å²) in [6, 6.07) is 2.79. The van der Waals surface area contributed by atoms with E-state index in [0.29, 0.717) is 38.2 Å². The minimum atomic E-state index is -4.60. The summed E-state index contributed by atoms with van der Waals surface area (Å²) in [6.07, 6.45) is 0.244. The summed E-state index contributed by atoms with van der Waals surface area (Å²) in [6.45, 7) is 0.909. The van der Waals surface area contributed by atoms with Gasteiger partial charge in [0.25, 0.3) is 0 Å². The molecule has 0 saturated carbocycles. The van der Waals surface area contributed by atoms with Gasteiger partial charge in [-0.2, -0.15) is 5.21 Å². The predicted molar refractivity (Wildman–Crippen MR) is 122 cm³/mol. The minimum Gasteiger partial charge on any atom is -0.395 e. The maximum atomic E-state index is 13.0. The summed E-state index contributed by atoms with van der Waals surface area (Å²) in [7, 11) is -9.02. The fraction of sp³-hybridized carbons (Fsp3) is 0.588. The average molecular weight is 520 g/mol. The molecule has 0 aliphatic carbocycles. The number of nitrogens with zero attached hydrogens (tertiary/aromatic N) is 4. The number of nitrogens with one attached hydrogen (secondary N) is 3. The summed E-state index contributed by atoms with van der Waals surface area (Å²) in [5.74, 6) is -0.140. The van der Waals surface area contributed by atoms with Gasteiger partial charge in [-0.1, -0.05) is 0 Å². The van der Waals surface area contributed by atoms with Gasteiger partial charge in [-0.25, -0.2) is 26.7 Å². The molecule has 34 heavy (non-hydrogen) atoms. The van der Waals surface area contributed by atoms with E-state index in [9.17, 15) is 21.9 Å². The second kappa shape index (κ2) is 11.0. The van der Waals surface area contributed by atoms with Crippen LogP contribution >= 0.6 is 0 Å². The summed E-state index contributed by atoms with van der Waals surface area (Å²) in [5.41, 5.74) is 5.60. The number of nitrogens with two attached hydrogens (primary N) is 2. The highest BCUT2D eigenvalue weighted by atomic mass is 32.2. The van der Waals surface area contributed by atoms with Gasteiger partial charge in [-0.05, 0) is 30.2 Å². The highest BCUT2D eigenvalue weighted by Gasteiger charge is 2.34. The van der Waals surface area contributed by atoms with E-state index in [1.165, 1.54) is 6.07 Å². The maximum absolute atomic E-state index is 13.0. The number of benzene rings is 1. The molecule has 1 fully saturated rings. The van der Waals surface area contributed by atoms with Gasteiger partial charge in [-0.3, -0.25) is 0 Å². The van der Waals surface area contributed by atoms with Gasteiger partial charge < -0.3 is 26.2 Å². The highest BCUT2D eigenvalue weighted by molar-refractivity contribution is 7.92. The van der Waals surface area contributed by atoms with Crippen LogP contribution < -0.4 is 25.8 Å². The molecule has 0 spiro atoms. The van der Waals surface area contributed by atoms with Crippen LogP contribution in [0.25, 0.3) is 11.4 Å². The molecule has 3 rings (SSSR count). The SMILES string of the molecule is NC[C@@H](O)CNS(=O)(=O)c1ccc(N2CCC(NCCO)CC2)c(-c2nn[nH]n2)c1S(N)(=O)=O. The Morgan fingerprint density at radius 3 is 2.50 bits per heavy atom. The fourth-order valence-corrected chi connectivity index (χ4v) is 6.42. The largest absolute Gasteiger partial charge is 0.395 e. The van der Waals surface area contributed by atoms with Crippen molar-refractivity contribution in [1.82, 2.24) is 30.7 Å². The Morgan fingerprint density at radius 1 is 1.24 bits per heavy atom. The standard InChI is InChI=1S/C17H29N9O6S2/c18-9-12(28)10-21-34(31,32)14-2-1-13(26-6-3-11(4-7-26)20-5-8-27)15(16(14)33(19,29)30)17-22-24-25-23-17/h1-2,11-12,20-21,27-28H,3-10,18H2,(H2,19,29,30)(H,22,23,24,25)/t12-/m1/s1. The van der Waals surface area contributed by atoms with Crippen LogP contribution in [0.1, 0.15) is 12.8 Å². The molecule has 2 heterocycles. The van der Waals surface area contributed by atoms with Gasteiger partial charge in [0.2, 0.25) is 25.9 Å². The first-order valence-electron chi connectivity index (χ1n) is 10.5. The molecule has 1 aliphatic rings. The third-order valence-corrected chi connectivity index (χ3v) is 7.99. The third kappa shape index (κ3) is 6.05. The van der Waals surface area contributed by atoms with E-state index in [0.717, 1.165) is 6.07 Å². The molecule has 190 valence electrons. The molecular formula is C17H29N9O6S2. The van der Waals surface area contributed by atoms with Crippen LogP contribution in [-0.2, 0) is 20.0 Å². The van der Waals surface area contributed by atoms with Crippen LogP contribution in [0, 0.1) is 0 Å². The number of H-pyrrole nitrogens is 1. The van der Waals surface area contributed by atoms with Crippen LogP contribution in [0.15, 0.2) is 21.9 Å². The Hall–Kier alpha value is -2.25. The van der Waals surface area contributed by atoms with Crippen molar-refractivity contribution in [1.29, 1.82) is 0 Å². The van der Waals surface area contributed by atoms with E-state index in [1.807, 2.05) is 4.90 Å². The molecule has 15 nitrogen and oxygen atoms in total. The second-order valence-electron chi connectivity index (χ2n) is 7.75. The first kappa shape index (κ1) is 26.4. The number of aromatic amines is 1. The zero-order chi connectivity index (χ0) is 24.9. The van der Waals surface area contributed by atoms with Gasteiger partial charge in [0.05, 0.1) is 18.3 Å². The van der Waals surface area contributed by atoms with Crippen LogP contribution in [0.4, 0.5) is 5.69 Å². The molecule has 0 amide bonds. The molecular weight excluding hydrogens is 490 g/mol. The van der Waals surface area contributed by atoms with E-state index in [2.05, 4.69) is 30.7 Å². The Morgan fingerprint density at radius 2 is 1.94 bits per heavy atom. The summed E-state index contributed by atoms with van der Waals surface area (Å²) >= 11 is 0. The molecule has 9 N–H and O–H groups in total. The molecule has 1 aromatic heterocycles. The Balaban J connectivity index is 2.09. The average Bonchev–Trinajstić information content (AvgIpc) is 3.34. The van der Waals surface area contributed by atoms with E-state index in [-0.39, 0.29) is 30.6 Å². The predicted octanol–water partition coefficient (Wildman–Crippen LogP) is -3.34. The molecule has 1 aliphatic heterocycles. The number of tetrazole rings is 1. The van der Waals surface area contributed by atoms with Crippen molar-refractivity contribution in [3.63, 3.8) is 0 Å². The lowest BCUT2D eigenvalue weighted by Gasteiger charge is -2.35. The number of hydrogen-bond acceptors (Lipinski definition) is 12. The number of aliphatic hydroxyl groups excluding tert-OH is 2. The first-order chi connectivity index (χ1) is 16.1. The smallest absolute Gasteiger partial charge is 0.242 e. The monoisotopic (exact) mass is 519 g/mol. The zero-order valence-corrected chi connectivity index (χ0v) is 19.9. The van der Waals surface area contributed by atoms with Crippen molar-refractivity contribution < 1.29 is 27.0 Å². The Labute approximate surface area is 197 Å². The van der Waals surface area contributed by atoms with Gasteiger partial charge in [0.1, 0.15) is 9.79 Å². The number of aromatic nitrogens is 4. The Kier molecular flexibility index (Phi) is 8.52. The van der Waals surface area contributed by atoms with Crippen molar-refractivity contribution in [3.05, 3.63) is 12.1 Å². The van der Waals surface area contributed by atoms with E-state index >= 15 is 0 Å². The molecule has 0 bridgehead atoms. The topological polar surface area (TPSA) is 243 Å². The summed E-state index contributed by atoms with van der Waals surface area (Å²) in [5, 5.41) is 40.8. The summed E-state index contributed by atoms with van der Waals surface area (Å²) in [4.78, 5) is 0.600. The second-order valence-corrected chi connectivity index (χ2v) is 11.0. The van der Waals surface area contributed by atoms with Crippen molar-refractivity contribution in [2.75, 3.05) is 44.2 Å². The molecule has 17 heteroatoms. The fourth-order valence-electron chi connectivity index (χ4n) is 3.75. The van der Waals surface area contributed by atoms with Crippen LogP contribution in [0.2, 0.25) is 0 Å². The van der Waals surface area contributed by atoms with Crippen LogP contribution in [0.3, 0.4) is 0 Å². The maximum Gasteiger partial charge on any atom is 0.242 e.